The van der Waals surface area contributed by atoms with Crippen LogP contribution in [0.15, 0.2) is 30.6 Å². The lowest BCUT2D eigenvalue weighted by Gasteiger charge is -2.01. The molecule has 0 aliphatic heterocycles. The van der Waals surface area contributed by atoms with Crippen LogP contribution in [0.1, 0.15) is 24.7 Å². The maximum absolute atomic E-state index is 9.20. The third-order valence-corrected chi connectivity index (χ3v) is 2.57. The van der Waals surface area contributed by atoms with Gasteiger partial charge in [-0.15, -0.1) is 0 Å². The predicted molar refractivity (Wildman–Crippen MR) is 69.2 cm³/mol. The lowest BCUT2D eigenvalue weighted by atomic mass is 10.2. The summed E-state index contributed by atoms with van der Waals surface area (Å²) < 4.78 is 1.80. The van der Waals surface area contributed by atoms with Crippen molar-refractivity contribution in [2.75, 3.05) is 6.54 Å². The molecule has 1 heterocycles. The molecule has 2 rings (SSSR count). The fourth-order valence-electron chi connectivity index (χ4n) is 1.66. The zero-order valence-corrected chi connectivity index (χ0v) is 10.5. The van der Waals surface area contributed by atoms with Crippen LogP contribution in [0.4, 0.5) is 0 Å². The first kappa shape index (κ1) is 12.6. The molecule has 0 saturated carbocycles. The topological polar surface area (TPSA) is 63.0 Å². The predicted octanol–water partition coefficient (Wildman–Crippen LogP) is 1.53. The van der Waals surface area contributed by atoms with E-state index in [1.807, 2.05) is 12.1 Å². The molecule has 5 nitrogen and oxygen atoms in total. The van der Waals surface area contributed by atoms with Crippen molar-refractivity contribution in [2.45, 2.75) is 26.4 Å². The summed E-state index contributed by atoms with van der Waals surface area (Å²) in [5.74, 6) is 1.09. The SMILES string of the molecule is CCCNCc1ncn(Cc2ccc(O)cc2)n1. The van der Waals surface area contributed by atoms with Crippen molar-refractivity contribution < 1.29 is 5.11 Å². The molecule has 0 aliphatic rings. The minimum absolute atomic E-state index is 0.279. The lowest BCUT2D eigenvalue weighted by molar-refractivity contribution is 0.475. The molecule has 0 radical (unpaired) electrons. The summed E-state index contributed by atoms with van der Waals surface area (Å²) in [5.41, 5.74) is 1.09. The van der Waals surface area contributed by atoms with Crippen LogP contribution < -0.4 is 5.32 Å². The van der Waals surface area contributed by atoms with Crippen molar-refractivity contribution >= 4 is 0 Å². The van der Waals surface area contributed by atoms with Gasteiger partial charge < -0.3 is 10.4 Å². The Balaban J connectivity index is 1.91. The normalized spacial score (nSPS) is 10.7. The van der Waals surface area contributed by atoms with Gasteiger partial charge in [-0.2, -0.15) is 5.10 Å². The Morgan fingerprint density at radius 2 is 2.06 bits per heavy atom. The number of aromatic nitrogens is 3. The molecule has 1 aromatic heterocycles. The molecule has 2 aromatic rings. The molecule has 0 amide bonds. The Kier molecular flexibility index (Phi) is 4.30. The molecule has 0 bridgehead atoms. The first-order valence-electron chi connectivity index (χ1n) is 6.15. The van der Waals surface area contributed by atoms with Crippen LogP contribution in [0.3, 0.4) is 0 Å². The van der Waals surface area contributed by atoms with Crippen molar-refractivity contribution in [3.63, 3.8) is 0 Å². The van der Waals surface area contributed by atoms with Crippen LogP contribution in [-0.2, 0) is 13.1 Å². The van der Waals surface area contributed by atoms with Gasteiger partial charge in [0.1, 0.15) is 12.1 Å². The molecule has 18 heavy (non-hydrogen) atoms. The Morgan fingerprint density at radius 1 is 1.28 bits per heavy atom. The molecule has 0 fully saturated rings. The monoisotopic (exact) mass is 246 g/mol. The zero-order valence-electron chi connectivity index (χ0n) is 10.5. The summed E-state index contributed by atoms with van der Waals surface area (Å²) in [6.45, 7) is 4.48. The van der Waals surface area contributed by atoms with Crippen LogP contribution in [0.25, 0.3) is 0 Å². The number of hydrogen-bond donors (Lipinski definition) is 2. The van der Waals surface area contributed by atoms with Gasteiger partial charge in [0.15, 0.2) is 5.82 Å². The van der Waals surface area contributed by atoms with Crippen molar-refractivity contribution in [2.24, 2.45) is 0 Å². The molecule has 0 aliphatic carbocycles. The Labute approximate surface area is 106 Å². The average Bonchev–Trinajstić information content (AvgIpc) is 2.80. The van der Waals surface area contributed by atoms with E-state index in [1.165, 1.54) is 0 Å². The fourth-order valence-corrected chi connectivity index (χ4v) is 1.66. The fraction of sp³-hybridized carbons (Fsp3) is 0.385. The molecule has 5 heteroatoms. The first-order valence-corrected chi connectivity index (χ1v) is 6.15. The van der Waals surface area contributed by atoms with Crippen LogP contribution in [0.2, 0.25) is 0 Å². The molecule has 2 N–H and O–H groups in total. The number of rotatable bonds is 6. The van der Waals surface area contributed by atoms with Gasteiger partial charge in [-0.3, -0.25) is 0 Å². The van der Waals surface area contributed by atoms with E-state index in [-0.39, 0.29) is 5.75 Å². The second-order valence-corrected chi connectivity index (χ2v) is 4.20. The Bertz CT molecular complexity index is 478. The zero-order chi connectivity index (χ0) is 12.8. The van der Waals surface area contributed by atoms with Gasteiger partial charge in [0.05, 0.1) is 13.1 Å². The standard InChI is InChI=1S/C13H18N4O/c1-2-7-14-8-13-15-10-17(16-13)9-11-3-5-12(18)6-4-11/h3-6,10,14,18H,2,7-9H2,1H3. The first-order chi connectivity index (χ1) is 8.78. The van der Waals surface area contributed by atoms with Gasteiger partial charge in [-0.05, 0) is 30.7 Å². The van der Waals surface area contributed by atoms with Crippen molar-refractivity contribution in [3.8, 4) is 5.75 Å². The van der Waals surface area contributed by atoms with Gasteiger partial charge in [0.25, 0.3) is 0 Å². The van der Waals surface area contributed by atoms with Crippen molar-refractivity contribution in [3.05, 3.63) is 42.0 Å². The lowest BCUT2D eigenvalue weighted by Crippen LogP contribution is -2.15. The van der Waals surface area contributed by atoms with E-state index in [4.69, 9.17) is 0 Å². The van der Waals surface area contributed by atoms with E-state index in [9.17, 15) is 5.11 Å². The highest BCUT2D eigenvalue weighted by Crippen LogP contribution is 2.10. The molecule has 96 valence electrons. The Hall–Kier alpha value is -1.88. The third kappa shape index (κ3) is 3.56. The summed E-state index contributed by atoms with van der Waals surface area (Å²) in [5, 5.41) is 16.8. The molecule has 0 atom stereocenters. The largest absolute Gasteiger partial charge is 0.508 e. The average molecular weight is 246 g/mol. The summed E-state index contributed by atoms with van der Waals surface area (Å²) in [4.78, 5) is 4.24. The van der Waals surface area contributed by atoms with E-state index < -0.39 is 0 Å². The molecule has 1 aromatic carbocycles. The van der Waals surface area contributed by atoms with E-state index in [2.05, 4.69) is 22.3 Å². The minimum atomic E-state index is 0.279. The summed E-state index contributed by atoms with van der Waals surface area (Å²) >= 11 is 0. The number of hydrogen-bond acceptors (Lipinski definition) is 4. The number of nitrogens with one attached hydrogen (secondary N) is 1. The van der Waals surface area contributed by atoms with Crippen LogP contribution in [0.5, 0.6) is 5.75 Å². The van der Waals surface area contributed by atoms with Gasteiger partial charge in [0, 0.05) is 0 Å². The number of aromatic hydroxyl groups is 1. The van der Waals surface area contributed by atoms with Crippen molar-refractivity contribution in [1.29, 1.82) is 0 Å². The summed E-state index contributed by atoms with van der Waals surface area (Å²) in [6.07, 6.45) is 2.84. The highest BCUT2D eigenvalue weighted by Gasteiger charge is 2.01. The van der Waals surface area contributed by atoms with Crippen LogP contribution in [-0.4, -0.2) is 26.4 Å². The molecule has 0 spiro atoms. The molecular weight excluding hydrogens is 228 g/mol. The van der Waals surface area contributed by atoms with Gasteiger partial charge in [-0.25, -0.2) is 9.67 Å². The second-order valence-electron chi connectivity index (χ2n) is 4.20. The van der Waals surface area contributed by atoms with E-state index >= 15 is 0 Å². The number of benzene rings is 1. The van der Waals surface area contributed by atoms with Crippen molar-refractivity contribution in [1.82, 2.24) is 20.1 Å². The maximum atomic E-state index is 9.20. The highest BCUT2D eigenvalue weighted by atomic mass is 16.3. The van der Waals surface area contributed by atoms with Crippen LogP contribution in [0, 0.1) is 0 Å². The van der Waals surface area contributed by atoms with Gasteiger partial charge in [-0.1, -0.05) is 19.1 Å². The minimum Gasteiger partial charge on any atom is -0.508 e. The summed E-state index contributed by atoms with van der Waals surface area (Å²) in [7, 11) is 0. The smallest absolute Gasteiger partial charge is 0.164 e. The summed E-state index contributed by atoms with van der Waals surface area (Å²) in [6, 6.07) is 7.12. The van der Waals surface area contributed by atoms with E-state index in [0.717, 1.165) is 24.4 Å². The quantitative estimate of drug-likeness (QED) is 0.759. The maximum Gasteiger partial charge on any atom is 0.164 e. The number of nitrogens with zero attached hydrogens (tertiary/aromatic N) is 3. The number of phenols is 1. The Morgan fingerprint density at radius 3 is 2.78 bits per heavy atom. The molecule has 0 unspecified atom stereocenters. The van der Waals surface area contributed by atoms with Crippen LogP contribution >= 0.6 is 0 Å². The number of phenolic OH excluding ortho intramolecular Hbond substituents is 1. The van der Waals surface area contributed by atoms with E-state index in [1.54, 1.807) is 23.1 Å². The third-order valence-electron chi connectivity index (χ3n) is 2.57. The molecule has 0 saturated heterocycles. The van der Waals surface area contributed by atoms with Gasteiger partial charge >= 0.3 is 0 Å². The van der Waals surface area contributed by atoms with Gasteiger partial charge in [0.2, 0.25) is 0 Å². The highest BCUT2D eigenvalue weighted by molar-refractivity contribution is 5.25. The second kappa shape index (κ2) is 6.16. The van der Waals surface area contributed by atoms with E-state index in [0.29, 0.717) is 13.1 Å². The molecular formula is C13H18N4O.